The number of hydrogen-bond acceptors (Lipinski definition) is 4. The number of aliphatic hydroxyl groups is 1. The molecule has 0 saturated carbocycles. The van der Waals surface area contributed by atoms with E-state index in [2.05, 4.69) is 0 Å². The topological polar surface area (TPSA) is 77.8 Å². The predicted molar refractivity (Wildman–Crippen MR) is 65.9 cm³/mol. The van der Waals surface area contributed by atoms with Crippen molar-refractivity contribution in [2.24, 2.45) is 5.92 Å². The highest BCUT2D eigenvalue weighted by molar-refractivity contribution is 8.00. The number of aliphatic carboxylic acids is 1. The van der Waals surface area contributed by atoms with Gasteiger partial charge in [-0.2, -0.15) is 11.8 Å². The van der Waals surface area contributed by atoms with Gasteiger partial charge in [-0.3, -0.25) is 4.79 Å². The van der Waals surface area contributed by atoms with Gasteiger partial charge >= 0.3 is 5.97 Å². The molecule has 2 N–H and O–H groups in total. The molecule has 0 aromatic carbocycles. The summed E-state index contributed by atoms with van der Waals surface area (Å²) in [6.45, 7) is 1.60. The van der Waals surface area contributed by atoms with Crippen LogP contribution >= 0.6 is 11.8 Å². The molecule has 0 spiro atoms. The van der Waals surface area contributed by atoms with Gasteiger partial charge in [-0.05, 0) is 31.1 Å². The lowest BCUT2D eigenvalue weighted by molar-refractivity contribution is -0.160. The number of carboxylic acid groups (broad SMARTS) is 1. The molecular weight excluding hydrogens is 254 g/mol. The van der Waals surface area contributed by atoms with E-state index in [0.717, 1.165) is 24.2 Å². The number of amides is 1. The monoisotopic (exact) mass is 269 g/mol. The van der Waals surface area contributed by atoms with Crippen LogP contribution in [0.3, 0.4) is 0 Å². The van der Waals surface area contributed by atoms with E-state index in [1.165, 1.54) is 4.90 Å². The Kier molecular flexibility index (Phi) is 2.67. The van der Waals surface area contributed by atoms with E-state index in [-0.39, 0.29) is 22.9 Å². The summed E-state index contributed by atoms with van der Waals surface area (Å²) in [7, 11) is 0. The quantitative estimate of drug-likeness (QED) is 0.711. The molecule has 1 amide bonds. The number of nitrogens with zero attached hydrogens (tertiary/aromatic N) is 1. The zero-order chi connectivity index (χ0) is 13.0. The highest BCUT2D eigenvalue weighted by atomic mass is 32.2. The molecule has 3 aliphatic rings. The number of fused-ring (bicyclic) bond motifs is 3. The zero-order valence-corrected chi connectivity index (χ0v) is 10.8. The highest BCUT2D eigenvalue weighted by Gasteiger charge is 2.61. The third kappa shape index (κ3) is 1.39. The first kappa shape index (κ1) is 12.0. The molecule has 98 valence electrons. The number of carbonyl (C=O) groups is 2. The smallest absolute Gasteiger partial charge is 0.352 e. The van der Waals surface area contributed by atoms with Gasteiger partial charge in [0.05, 0.1) is 18.1 Å². The van der Waals surface area contributed by atoms with Gasteiger partial charge in [0.15, 0.2) is 0 Å². The Morgan fingerprint density at radius 1 is 1.56 bits per heavy atom. The van der Waals surface area contributed by atoms with Crippen molar-refractivity contribution in [3.8, 4) is 0 Å². The molecule has 5 nitrogen and oxygen atoms in total. The van der Waals surface area contributed by atoms with E-state index in [9.17, 15) is 19.8 Å². The summed E-state index contributed by atoms with van der Waals surface area (Å²) in [5, 5.41) is 19.0. The second-order valence-corrected chi connectivity index (χ2v) is 6.29. The van der Waals surface area contributed by atoms with Crippen LogP contribution in [0.1, 0.15) is 19.8 Å². The maximum atomic E-state index is 12.0. The van der Waals surface area contributed by atoms with Crippen LogP contribution in [0, 0.1) is 5.92 Å². The van der Waals surface area contributed by atoms with Crippen molar-refractivity contribution in [2.75, 3.05) is 5.75 Å². The minimum absolute atomic E-state index is 0.0714. The summed E-state index contributed by atoms with van der Waals surface area (Å²) in [4.78, 5) is 24.7. The Bertz CT molecular complexity index is 459. The number of carbonyl (C=O) groups excluding carboxylic acids is 1. The zero-order valence-electron chi connectivity index (χ0n) is 10.00. The number of thioether (sulfide) groups is 1. The maximum Gasteiger partial charge on any atom is 0.352 e. The molecule has 0 aliphatic carbocycles. The van der Waals surface area contributed by atoms with Crippen molar-refractivity contribution < 1.29 is 19.8 Å². The van der Waals surface area contributed by atoms with Crippen LogP contribution in [-0.2, 0) is 9.59 Å². The standard InChI is InChI=1S/C12H15NO4S/c1-5(14)7-9-10-6(3-2-4-18-10)8(12(16)17)13(9)11(7)15/h5,7,9-10,14H,2-4H2,1H3,(H,16,17)/t5-,7-,9+,10-/m1/s1. The van der Waals surface area contributed by atoms with Crippen molar-refractivity contribution >= 4 is 23.6 Å². The first-order valence-electron chi connectivity index (χ1n) is 6.13. The molecule has 3 aliphatic heterocycles. The number of rotatable bonds is 2. The fourth-order valence-electron chi connectivity index (χ4n) is 3.28. The summed E-state index contributed by atoms with van der Waals surface area (Å²) >= 11 is 1.72. The fraction of sp³-hybridized carbons (Fsp3) is 0.667. The largest absolute Gasteiger partial charge is 0.477 e. The molecule has 0 aromatic rings. The number of aliphatic hydroxyl groups excluding tert-OH is 1. The molecule has 2 fully saturated rings. The van der Waals surface area contributed by atoms with Gasteiger partial charge in [-0.15, -0.1) is 0 Å². The average molecular weight is 269 g/mol. The molecule has 0 aromatic heterocycles. The second-order valence-electron chi connectivity index (χ2n) is 5.04. The lowest BCUT2D eigenvalue weighted by Gasteiger charge is -2.47. The van der Waals surface area contributed by atoms with E-state index in [1.54, 1.807) is 18.7 Å². The van der Waals surface area contributed by atoms with Gasteiger partial charge in [0.1, 0.15) is 5.70 Å². The lowest BCUT2D eigenvalue weighted by atomic mass is 9.82. The van der Waals surface area contributed by atoms with Crippen LogP contribution in [0.2, 0.25) is 0 Å². The van der Waals surface area contributed by atoms with Crippen LogP contribution in [-0.4, -0.2) is 50.1 Å². The molecule has 0 unspecified atom stereocenters. The van der Waals surface area contributed by atoms with Crippen molar-refractivity contribution in [3.63, 3.8) is 0 Å². The van der Waals surface area contributed by atoms with E-state index in [4.69, 9.17) is 0 Å². The Labute approximate surface area is 109 Å². The van der Waals surface area contributed by atoms with Crippen LogP contribution in [0.5, 0.6) is 0 Å². The summed E-state index contributed by atoms with van der Waals surface area (Å²) in [5.74, 6) is -0.702. The van der Waals surface area contributed by atoms with E-state index in [0.29, 0.717) is 0 Å². The Hall–Kier alpha value is -1.01. The molecule has 3 rings (SSSR count). The molecular formula is C12H15NO4S. The molecule has 3 heterocycles. The van der Waals surface area contributed by atoms with Gasteiger partial charge < -0.3 is 15.1 Å². The number of carboxylic acids is 1. The Balaban J connectivity index is 2.00. The first-order chi connectivity index (χ1) is 8.54. The van der Waals surface area contributed by atoms with E-state index >= 15 is 0 Å². The van der Waals surface area contributed by atoms with Crippen LogP contribution in [0.4, 0.5) is 0 Å². The van der Waals surface area contributed by atoms with Gasteiger partial charge in [0.2, 0.25) is 5.91 Å². The van der Waals surface area contributed by atoms with E-state index in [1.807, 2.05) is 0 Å². The van der Waals surface area contributed by atoms with Crippen molar-refractivity contribution in [1.29, 1.82) is 0 Å². The van der Waals surface area contributed by atoms with Gasteiger partial charge in [0.25, 0.3) is 0 Å². The SMILES string of the molecule is C[C@@H](O)[C@H]1C(=O)N2C(C(=O)O)=C3CCCS[C@H]3[C@H]12. The maximum absolute atomic E-state index is 12.0. The third-order valence-electron chi connectivity index (χ3n) is 4.00. The van der Waals surface area contributed by atoms with Gasteiger partial charge in [0, 0.05) is 5.25 Å². The minimum Gasteiger partial charge on any atom is -0.477 e. The van der Waals surface area contributed by atoms with E-state index < -0.39 is 18.0 Å². The van der Waals surface area contributed by atoms with Gasteiger partial charge in [-0.25, -0.2) is 4.79 Å². The van der Waals surface area contributed by atoms with Crippen LogP contribution in [0.25, 0.3) is 0 Å². The normalized spacial score (nSPS) is 36.0. The minimum atomic E-state index is -1.02. The Morgan fingerprint density at radius 3 is 2.89 bits per heavy atom. The number of β-lactam (4-membered cyclic amide) rings is 1. The van der Waals surface area contributed by atoms with Crippen molar-refractivity contribution in [2.45, 2.75) is 37.2 Å². The van der Waals surface area contributed by atoms with Crippen molar-refractivity contribution in [1.82, 2.24) is 4.90 Å². The summed E-state index contributed by atoms with van der Waals surface area (Å²) in [6.07, 6.45) is 1.00. The highest BCUT2D eigenvalue weighted by Crippen LogP contribution is 2.51. The third-order valence-corrected chi connectivity index (χ3v) is 5.44. The van der Waals surface area contributed by atoms with Crippen molar-refractivity contribution in [3.05, 3.63) is 11.3 Å². The fourth-order valence-corrected chi connectivity index (χ4v) is 4.76. The van der Waals surface area contributed by atoms with Crippen LogP contribution in [0.15, 0.2) is 11.3 Å². The lowest BCUT2D eigenvalue weighted by Crippen LogP contribution is -2.64. The molecule has 18 heavy (non-hydrogen) atoms. The summed E-state index contributed by atoms with van der Waals surface area (Å²) < 4.78 is 0. The number of hydrogen-bond donors (Lipinski definition) is 2. The molecule has 4 atom stereocenters. The summed E-state index contributed by atoms with van der Waals surface area (Å²) in [5.41, 5.74) is 1.07. The average Bonchev–Trinajstić information content (AvgIpc) is 2.60. The Morgan fingerprint density at radius 2 is 2.28 bits per heavy atom. The first-order valence-corrected chi connectivity index (χ1v) is 7.18. The molecule has 0 bridgehead atoms. The summed E-state index contributed by atoms with van der Waals surface area (Å²) in [6, 6.07) is -0.149. The van der Waals surface area contributed by atoms with Gasteiger partial charge in [-0.1, -0.05) is 0 Å². The molecule has 0 radical (unpaired) electrons. The molecule has 2 saturated heterocycles. The molecule has 6 heteroatoms. The van der Waals surface area contributed by atoms with Crippen LogP contribution < -0.4 is 0 Å². The second kappa shape index (κ2) is 3.99. The predicted octanol–water partition coefficient (Wildman–Crippen LogP) is 0.442.